The van der Waals surface area contributed by atoms with Crippen LogP contribution in [0.15, 0.2) is 67.4 Å². The van der Waals surface area contributed by atoms with Crippen molar-refractivity contribution in [3.8, 4) is 22.8 Å². The molecule has 0 spiro atoms. The second-order valence-electron chi connectivity index (χ2n) is 10.3. The molecule has 2 atom stereocenters. The number of rotatable bonds is 8. The van der Waals surface area contributed by atoms with E-state index in [-0.39, 0.29) is 23.1 Å². The summed E-state index contributed by atoms with van der Waals surface area (Å²) >= 11 is 0. The molecule has 3 heterocycles. The topological polar surface area (TPSA) is 56.3 Å². The van der Waals surface area contributed by atoms with Crippen molar-refractivity contribution in [3.05, 3.63) is 90.0 Å². The minimum absolute atomic E-state index is 0.0769. The first-order valence-electron chi connectivity index (χ1n) is 13.1. The van der Waals surface area contributed by atoms with Gasteiger partial charge in [0.25, 0.3) is 0 Å². The minimum atomic E-state index is -4.46. The van der Waals surface area contributed by atoms with Crippen LogP contribution in [0.4, 0.5) is 17.6 Å². The average molecular weight is 550 g/mol. The van der Waals surface area contributed by atoms with Crippen LogP contribution in [0.3, 0.4) is 0 Å². The molecule has 0 amide bonds. The third-order valence-corrected chi connectivity index (χ3v) is 7.65. The highest BCUT2D eigenvalue weighted by Gasteiger charge is 2.47. The average Bonchev–Trinajstić information content (AvgIpc) is 3.68. The summed E-state index contributed by atoms with van der Waals surface area (Å²) in [5.74, 6) is -1.33. The zero-order valence-corrected chi connectivity index (χ0v) is 21.8. The molecule has 1 saturated carbocycles. The SMILES string of the molecule is C=C(NCC(c1cc2c(c(-c3ccc(F)cc3)n1)OCC2C(F)(F)F)C1CC1)c1cc(OC)c2ncccc2c1. The van der Waals surface area contributed by atoms with Crippen LogP contribution in [0.25, 0.3) is 27.9 Å². The molecule has 1 N–H and O–H groups in total. The fraction of sp³-hybridized carbons (Fsp3) is 0.290. The first-order chi connectivity index (χ1) is 19.2. The maximum Gasteiger partial charge on any atom is 0.399 e. The second-order valence-corrected chi connectivity index (χ2v) is 10.3. The molecule has 40 heavy (non-hydrogen) atoms. The molecule has 2 aliphatic rings. The van der Waals surface area contributed by atoms with Gasteiger partial charge < -0.3 is 14.8 Å². The van der Waals surface area contributed by atoms with E-state index in [2.05, 4.69) is 16.9 Å². The van der Waals surface area contributed by atoms with Crippen LogP contribution >= 0.6 is 0 Å². The van der Waals surface area contributed by atoms with Crippen LogP contribution in [0.1, 0.15) is 41.5 Å². The van der Waals surface area contributed by atoms with Crippen LogP contribution in [0, 0.1) is 11.7 Å². The van der Waals surface area contributed by atoms with Gasteiger partial charge in [-0.05, 0) is 67.3 Å². The van der Waals surface area contributed by atoms with Gasteiger partial charge in [-0.15, -0.1) is 0 Å². The highest BCUT2D eigenvalue weighted by atomic mass is 19.4. The Bertz CT molecular complexity index is 1580. The first kappa shape index (κ1) is 26.1. The number of methoxy groups -OCH3 is 1. The number of aromatic nitrogens is 2. The van der Waals surface area contributed by atoms with Gasteiger partial charge in [0.1, 0.15) is 41.1 Å². The summed E-state index contributed by atoms with van der Waals surface area (Å²) in [5, 5.41) is 4.30. The predicted molar refractivity (Wildman–Crippen MR) is 145 cm³/mol. The lowest BCUT2D eigenvalue weighted by atomic mass is 9.92. The van der Waals surface area contributed by atoms with E-state index in [1.807, 2.05) is 24.3 Å². The number of halogens is 4. The molecule has 5 nitrogen and oxygen atoms in total. The Kier molecular flexibility index (Phi) is 6.60. The quantitative estimate of drug-likeness (QED) is 0.235. The van der Waals surface area contributed by atoms with Crippen molar-refractivity contribution in [2.45, 2.75) is 30.9 Å². The fourth-order valence-electron chi connectivity index (χ4n) is 5.34. The van der Waals surface area contributed by atoms with E-state index < -0.39 is 24.5 Å². The van der Waals surface area contributed by atoms with E-state index in [0.717, 1.165) is 29.3 Å². The lowest BCUT2D eigenvalue weighted by molar-refractivity contribution is -0.151. The van der Waals surface area contributed by atoms with Crippen molar-refractivity contribution in [2.24, 2.45) is 5.92 Å². The summed E-state index contributed by atoms with van der Waals surface area (Å²) in [7, 11) is 1.59. The van der Waals surface area contributed by atoms with Crippen LogP contribution in [0.5, 0.6) is 11.5 Å². The molecule has 1 aliphatic heterocycles. The van der Waals surface area contributed by atoms with E-state index in [1.54, 1.807) is 19.4 Å². The Morgan fingerprint density at radius 2 is 1.93 bits per heavy atom. The molecular formula is C31H27F4N3O2. The molecule has 1 aliphatic carbocycles. The minimum Gasteiger partial charge on any atom is -0.494 e. The zero-order chi connectivity index (χ0) is 28.0. The molecule has 1 fully saturated rings. The molecule has 6 rings (SSSR count). The lowest BCUT2D eigenvalue weighted by Gasteiger charge is -2.22. The largest absolute Gasteiger partial charge is 0.494 e. The van der Waals surface area contributed by atoms with Crippen molar-refractivity contribution >= 4 is 16.6 Å². The molecule has 2 aromatic carbocycles. The van der Waals surface area contributed by atoms with Gasteiger partial charge in [0, 0.05) is 52.1 Å². The molecule has 0 bridgehead atoms. The molecule has 0 saturated heterocycles. The second kappa shape index (κ2) is 10.1. The third kappa shape index (κ3) is 4.96. The Morgan fingerprint density at radius 1 is 1.15 bits per heavy atom. The van der Waals surface area contributed by atoms with Crippen LogP contribution < -0.4 is 14.8 Å². The van der Waals surface area contributed by atoms with Crippen molar-refractivity contribution < 1.29 is 27.0 Å². The van der Waals surface area contributed by atoms with Gasteiger partial charge in [-0.2, -0.15) is 13.2 Å². The lowest BCUT2D eigenvalue weighted by Crippen LogP contribution is -2.24. The number of ether oxygens (including phenoxy) is 2. The molecular weight excluding hydrogens is 522 g/mol. The van der Waals surface area contributed by atoms with E-state index in [9.17, 15) is 17.6 Å². The standard InChI is InChI=1S/C31H27F4N3O2/c1-17(21-12-20-4-3-11-36-28(20)27(13-21)39-2)37-15-24(18-5-6-18)26-14-23-25(31(33,34)35)16-40-30(23)29(38-26)19-7-9-22(32)10-8-19/h3-4,7-14,18,24-25,37H,1,5-6,15-16H2,2H3. The van der Waals surface area contributed by atoms with E-state index in [0.29, 0.717) is 34.9 Å². The maximum absolute atomic E-state index is 14.0. The fourth-order valence-corrected chi connectivity index (χ4v) is 5.34. The summed E-state index contributed by atoms with van der Waals surface area (Å²) in [6.07, 6.45) is -0.845. The van der Waals surface area contributed by atoms with Crippen molar-refractivity contribution in [1.29, 1.82) is 0 Å². The van der Waals surface area contributed by atoms with Crippen molar-refractivity contribution in [3.63, 3.8) is 0 Å². The van der Waals surface area contributed by atoms with Gasteiger partial charge in [0.15, 0.2) is 0 Å². The summed E-state index contributed by atoms with van der Waals surface area (Å²) in [6.45, 7) is 4.15. The molecule has 4 aromatic rings. The van der Waals surface area contributed by atoms with E-state index >= 15 is 0 Å². The Hall–Kier alpha value is -4.14. The Balaban J connectivity index is 1.34. The summed E-state index contributed by atoms with van der Waals surface area (Å²) < 4.78 is 66.6. The number of hydrogen-bond donors (Lipinski definition) is 1. The number of fused-ring (bicyclic) bond motifs is 2. The molecule has 2 unspecified atom stereocenters. The van der Waals surface area contributed by atoms with Gasteiger partial charge >= 0.3 is 6.18 Å². The molecule has 2 aromatic heterocycles. The zero-order valence-electron chi connectivity index (χ0n) is 21.8. The van der Waals surface area contributed by atoms with E-state index in [1.165, 1.54) is 24.3 Å². The summed E-state index contributed by atoms with van der Waals surface area (Å²) in [6, 6.07) is 14.7. The number of nitrogens with one attached hydrogen (secondary N) is 1. The van der Waals surface area contributed by atoms with Gasteiger partial charge in [0.05, 0.1) is 7.11 Å². The van der Waals surface area contributed by atoms with Crippen LogP contribution in [0.2, 0.25) is 0 Å². The number of pyridine rings is 2. The van der Waals surface area contributed by atoms with Crippen molar-refractivity contribution in [1.82, 2.24) is 15.3 Å². The Morgan fingerprint density at radius 3 is 2.62 bits per heavy atom. The number of hydrogen-bond acceptors (Lipinski definition) is 5. The smallest absolute Gasteiger partial charge is 0.399 e. The number of nitrogens with zero attached hydrogens (tertiary/aromatic N) is 2. The third-order valence-electron chi connectivity index (χ3n) is 7.65. The van der Waals surface area contributed by atoms with Crippen LogP contribution in [-0.4, -0.2) is 36.4 Å². The Labute approximate surface area is 228 Å². The summed E-state index contributed by atoms with van der Waals surface area (Å²) in [5.41, 5.74) is 3.67. The molecule has 206 valence electrons. The van der Waals surface area contributed by atoms with Gasteiger partial charge in [-0.1, -0.05) is 12.6 Å². The monoisotopic (exact) mass is 549 g/mol. The highest BCUT2D eigenvalue weighted by Crippen LogP contribution is 2.50. The number of benzene rings is 2. The summed E-state index contributed by atoms with van der Waals surface area (Å²) in [4.78, 5) is 9.22. The highest BCUT2D eigenvalue weighted by molar-refractivity contribution is 5.88. The predicted octanol–water partition coefficient (Wildman–Crippen LogP) is 7.24. The maximum atomic E-state index is 14.0. The molecule has 0 radical (unpaired) electrons. The number of alkyl halides is 3. The van der Waals surface area contributed by atoms with E-state index in [4.69, 9.17) is 14.5 Å². The van der Waals surface area contributed by atoms with Gasteiger partial charge in [-0.25, -0.2) is 9.37 Å². The molecule has 9 heteroatoms. The van der Waals surface area contributed by atoms with Gasteiger partial charge in [-0.3, -0.25) is 4.98 Å². The normalized spacial score (nSPS) is 17.3. The van der Waals surface area contributed by atoms with Crippen LogP contribution in [-0.2, 0) is 0 Å². The van der Waals surface area contributed by atoms with Crippen molar-refractivity contribution in [2.75, 3.05) is 20.3 Å². The van der Waals surface area contributed by atoms with Gasteiger partial charge in [0.2, 0.25) is 0 Å². The first-order valence-corrected chi connectivity index (χ1v) is 13.1.